The molecule has 1 unspecified atom stereocenters. The first-order valence-electron chi connectivity index (χ1n) is 14.4. The van der Waals surface area contributed by atoms with E-state index in [0.29, 0.717) is 32.4 Å². The molecule has 2 heterocycles. The van der Waals surface area contributed by atoms with E-state index < -0.39 is 23.4 Å². The van der Waals surface area contributed by atoms with E-state index in [-0.39, 0.29) is 42.3 Å². The fourth-order valence-electron chi connectivity index (χ4n) is 5.57. The summed E-state index contributed by atoms with van der Waals surface area (Å²) in [5.41, 5.74) is 8.28. The lowest BCUT2D eigenvalue weighted by atomic mass is 9.84. The maximum absolute atomic E-state index is 14.1. The van der Waals surface area contributed by atoms with E-state index in [1.807, 2.05) is 67.3 Å². The van der Waals surface area contributed by atoms with Gasteiger partial charge in [-0.15, -0.1) is 12.4 Å². The van der Waals surface area contributed by atoms with Gasteiger partial charge in [-0.25, -0.2) is 0 Å². The fourth-order valence-corrected chi connectivity index (χ4v) is 5.57. The summed E-state index contributed by atoms with van der Waals surface area (Å²) in [4.78, 5) is 56.9. The number of Topliss-reactive ketones (excluding diaryl/α,β-unsaturated/α-hetero) is 1. The summed E-state index contributed by atoms with van der Waals surface area (Å²) in [6, 6.07) is 14.9. The summed E-state index contributed by atoms with van der Waals surface area (Å²) >= 11 is 0. The number of anilines is 2. The maximum Gasteiger partial charge on any atom is 0.240 e. The molecule has 2 aliphatic rings. The van der Waals surface area contributed by atoms with Crippen LogP contribution in [0.2, 0.25) is 0 Å². The van der Waals surface area contributed by atoms with Crippen molar-refractivity contribution in [2.75, 3.05) is 16.3 Å². The highest BCUT2D eigenvalue weighted by molar-refractivity contribution is 6.07. The molecule has 2 aliphatic heterocycles. The lowest BCUT2D eigenvalue weighted by Gasteiger charge is -2.39. The summed E-state index contributed by atoms with van der Waals surface area (Å²) in [6.07, 6.45) is 3.16. The molecular formula is C32H43ClN4O4. The van der Waals surface area contributed by atoms with Crippen molar-refractivity contribution in [3.63, 3.8) is 0 Å². The molecule has 0 spiro atoms. The molecule has 9 heteroatoms. The monoisotopic (exact) mass is 582 g/mol. The number of carbonyl (C=O) groups excluding carboxylic acids is 4. The Morgan fingerprint density at radius 1 is 1.05 bits per heavy atom. The second-order valence-corrected chi connectivity index (χ2v) is 12.1. The van der Waals surface area contributed by atoms with Crippen molar-refractivity contribution < 1.29 is 19.2 Å². The number of nitrogens with one attached hydrogen (secondary N) is 1. The van der Waals surface area contributed by atoms with Crippen LogP contribution in [0.1, 0.15) is 70.9 Å². The Labute approximate surface area is 249 Å². The fraction of sp³-hybridized carbons (Fsp3) is 0.500. The molecule has 2 aromatic carbocycles. The first-order valence-corrected chi connectivity index (χ1v) is 14.4. The van der Waals surface area contributed by atoms with Gasteiger partial charge in [-0.2, -0.15) is 0 Å². The quantitative estimate of drug-likeness (QED) is 0.426. The zero-order valence-electron chi connectivity index (χ0n) is 24.5. The Kier molecular flexibility index (Phi) is 10.7. The number of carbonyl (C=O) groups is 4. The van der Waals surface area contributed by atoms with Gasteiger partial charge in [-0.05, 0) is 62.6 Å². The van der Waals surface area contributed by atoms with Crippen LogP contribution in [0, 0.1) is 11.8 Å². The van der Waals surface area contributed by atoms with E-state index in [9.17, 15) is 19.2 Å². The number of amides is 3. The maximum atomic E-state index is 14.1. The average Bonchev–Trinajstić information content (AvgIpc) is 2.90. The molecule has 0 saturated carbocycles. The molecule has 0 bridgehead atoms. The molecule has 1 fully saturated rings. The predicted molar refractivity (Wildman–Crippen MR) is 164 cm³/mol. The number of fused-ring (bicyclic) bond motifs is 1. The van der Waals surface area contributed by atoms with Crippen LogP contribution in [0.4, 0.5) is 11.4 Å². The summed E-state index contributed by atoms with van der Waals surface area (Å²) in [5.74, 6) is -1.05. The van der Waals surface area contributed by atoms with Gasteiger partial charge in [0.25, 0.3) is 0 Å². The van der Waals surface area contributed by atoms with Gasteiger partial charge in [0.2, 0.25) is 17.7 Å². The summed E-state index contributed by atoms with van der Waals surface area (Å²) in [7, 11) is 0. The van der Waals surface area contributed by atoms with E-state index in [4.69, 9.17) is 5.73 Å². The van der Waals surface area contributed by atoms with Gasteiger partial charge in [-0.3, -0.25) is 19.2 Å². The van der Waals surface area contributed by atoms with Crippen LogP contribution in [0.5, 0.6) is 0 Å². The smallest absolute Gasteiger partial charge is 0.240 e. The number of halogens is 1. The third-order valence-corrected chi connectivity index (χ3v) is 7.68. The van der Waals surface area contributed by atoms with Crippen LogP contribution in [0.3, 0.4) is 0 Å². The van der Waals surface area contributed by atoms with Crippen LogP contribution in [-0.4, -0.2) is 41.6 Å². The van der Waals surface area contributed by atoms with Crippen LogP contribution in [-0.2, 0) is 32.1 Å². The number of nitrogens with two attached hydrogens (primary N) is 1. The molecule has 0 aromatic heterocycles. The second-order valence-electron chi connectivity index (χ2n) is 12.1. The number of rotatable bonds is 10. The molecule has 41 heavy (non-hydrogen) atoms. The van der Waals surface area contributed by atoms with Gasteiger partial charge >= 0.3 is 0 Å². The van der Waals surface area contributed by atoms with E-state index in [0.717, 1.165) is 35.3 Å². The van der Waals surface area contributed by atoms with Gasteiger partial charge in [0, 0.05) is 25.3 Å². The number of ketones is 1. The molecule has 0 aliphatic carbocycles. The normalized spacial score (nSPS) is 18.0. The molecule has 0 radical (unpaired) electrons. The van der Waals surface area contributed by atoms with Crippen molar-refractivity contribution in [2.24, 2.45) is 17.6 Å². The van der Waals surface area contributed by atoms with Gasteiger partial charge in [0.1, 0.15) is 0 Å². The first-order chi connectivity index (χ1) is 19.0. The topological polar surface area (TPSA) is 113 Å². The summed E-state index contributed by atoms with van der Waals surface area (Å²) in [6.45, 7) is 8.16. The highest BCUT2D eigenvalue weighted by Crippen LogP contribution is 2.41. The summed E-state index contributed by atoms with van der Waals surface area (Å²) < 4.78 is 0. The molecular weight excluding hydrogens is 540 g/mol. The van der Waals surface area contributed by atoms with Gasteiger partial charge in [0.05, 0.1) is 29.5 Å². The van der Waals surface area contributed by atoms with Gasteiger partial charge in [0.15, 0.2) is 5.78 Å². The molecule has 8 nitrogen and oxygen atoms in total. The van der Waals surface area contributed by atoms with Crippen molar-refractivity contribution in [1.82, 2.24) is 5.32 Å². The van der Waals surface area contributed by atoms with Crippen molar-refractivity contribution in [1.29, 1.82) is 0 Å². The highest BCUT2D eigenvalue weighted by Gasteiger charge is 2.39. The Hall–Kier alpha value is -3.23. The van der Waals surface area contributed by atoms with E-state index >= 15 is 0 Å². The predicted octanol–water partition coefficient (Wildman–Crippen LogP) is 4.56. The zero-order valence-corrected chi connectivity index (χ0v) is 25.3. The molecule has 3 N–H and O–H groups in total. The van der Waals surface area contributed by atoms with Crippen LogP contribution in [0.15, 0.2) is 48.5 Å². The minimum atomic E-state index is -1.12. The molecule has 3 amide bonds. The molecule has 2 atom stereocenters. The van der Waals surface area contributed by atoms with Gasteiger partial charge < -0.3 is 20.9 Å². The molecule has 4 rings (SSSR count). The Morgan fingerprint density at radius 2 is 1.76 bits per heavy atom. The largest absolute Gasteiger partial charge is 0.345 e. The minimum Gasteiger partial charge on any atom is -0.345 e. The first kappa shape index (κ1) is 32.3. The number of nitrogens with zero attached hydrogens (tertiary/aromatic N) is 2. The number of hydrogen-bond donors (Lipinski definition) is 2. The lowest BCUT2D eigenvalue weighted by molar-refractivity contribution is -0.132. The number of para-hydroxylation sites is 1. The van der Waals surface area contributed by atoms with Crippen LogP contribution >= 0.6 is 12.4 Å². The zero-order chi connectivity index (χ0) is 29.0. The van der Waals surface area contributed by atoms with Crippen LogP contribution in [0.25, 0.3) is 0 Å². The third kappa shape index (κ3) is 7.74. The standard InChI is InChI=1S/C32H42N4O4.ClH/c1-21(2)17-25(34-31(40)32(3,4)33)27(37)19-24-18-23-13-10-14-26(35-16-9-8-15-28(35)38)29(23)36(30(24)39)20-22-11-6-5-7-12-22;/h5-7,10-14,21,24-25H,8-9,15-20,33H2,1-4H3,(H,34,40);1H/t24?,25-;/m1./s1. The van der Waals surface area contributed by atoms with E-state index in [1.54, 1.807) is 18.7 Å². The average molecular weight is 583 g/mol. The second kappa shape index (κ2) is 13.6. The molecule has 222 valence electrons. The summed E-state index contributed by atoms with van der Waals surface area (Å²) in [5, 5.41) is 2.84. The SMILES string of the molecule is CC(C)C[C@@H](NC(=O)C(C)(C)N)C(=O)CC1Cc2cccc(N3CCCCC3=O)c2N(Cc2ccccc2)C1=O.Cl. The van der Waals surface area contributed by atoms with E-state index in [2.05, 4.69) is 5.32 Å². The minimum absolute atomic E-state index is 0. The Morgan fingerprint density at radius 3 is 2.39 bits per heavy atom. The van der Waals surface area contributed by atoms with Gasteiger partial charge in [-0.1, -0.05) is 56.3 Å². The third-order valence-electron chi connectivity index (χ3n) is 7.68. The van der Waals surface area contributed by atoms with Crippen molar-refractivity contribution in [3.05, 3.63) is 59.7 Å². The number of piperidine rings is 1. The Bertz CT molecular complexity index is 1260. The molecule has 2 aromatic rings. The van der Waals surface area contributed by atoms with E-state index in [1.165, 1.54) is 0 Å². The van der Waals surface area contributed by atoms with Crippen molar-refractivity contribution in [3.8, 4) is 0 Å². The highest BCUT2D eigenvalue weighted by atomic mass is 35.5. The number of benzene rings is 2. The molecule has 1 saturated heterocycles. The van der Waals surface area contributed by atoms with Crippen molar-refractivity contribution in [2.45, 2.75) is 84.3 Å². The van der Waals surface area contributed by atoms with Crippen molar-refractivity contribution >= 4 is 47.3 Å². The lowest BCUT2D eigenvalue weighted by Crippen LogP contribution is -2.54. The van der Waals surface area contributed by atoms with Crippen LogP contribution < -0.4 is 20.9 Å². The number of hydrogen-bond acceptors (Lipinski definition) is 5. The Balaban J connectivity index is 0.00000462.